The summed E-state index contributed by atoms with van der Waals surface area (Å²) in [7, 11) is 0. The van der Waals surface area contributed by atoms with Crippen LogP contribution in [0.2, 0.25) is 5.02 Å². The second-order valence-corrected chi connectivity index (χ2v) is 5.70. The van der Waals surface area contributed by atoms with E-state index >= 15 is 0 Å². The van der Waals surface area contributed by atoms with Crippen molar-refractivity contribution in [3.05, 3.63) is 70.2 Å². The Kier molecular flexibility index (Phi) is 3.48. The highest BCUT2D eigenvalue weighted by Crippen LogP contribution is 2.34. The lowest BCUT2D eigenvalue weighted by Crippen LogP contribution is -2.58. The first-order chi connectivity index (χ1) is 9.61. The van der Waals surface area contributed by atoms with Crippen molar-refractivity contribution in [3.8, 4) is 0 Å². The monoisotopic (exact) mass is 293 g/mol. The molecule has 1 aliphatic heterocycles. The zero-order valence-electron chi connectivity index (χ0n) is 10.8. The predicted molar refractivity (Wildman–Crippen MR) is 76.1 cm³/mol. The maximum absolute atomic E-state index is 14.0. The summed E-state index contributed by atoms with van der Waals surface area (Å²) < 4.78 is 27.2. The molecule has 3 rings (SSSR count). The Bertz CT molecular complexity index is 638. The van der Waals surface area contributed by atoms with Crippen molar-refractivity contribution in [2.45, 2.75) is 11.8 Å². The molecule has 1 fully saturated rings. The highest BCUT2D eigenvalue weighted by molar-refractivity contribution is 6.30. The van der Waals surface area contributed by atoms with Gasteiger partial charge in [0.15, 0.2) is 0 Å². The van der Waals surface area contributed by atoms with Gasteiger partial charge in [-0.15, -0.1) is 0 Å². The molecule has 2 aromatic rings. The van der Waals surface area contributed by atoms with Gasteiger partial charge in [0.1, 0.15) is 11.6 Å². The summed E-state index contributed by atoms with van der Waals surface area (Å²) in [6, 6.07) is 11.5. The Labute approximate surface area is 121 Å². The summed E-state index contributed by atoms with van der Waals surface area (Å²) in [4.78, 5) is 0. The van der Waals surface area contributed by atoms with E-state index in [1.54, 1.807) is 18.2 Å². The average molecular weight is 294 g/mol. The SMILES string of the molecule is Fc1ccc(CC2(c3ccccc3F)CNC2)cc1Cl. The summed E-state index contributed by atoms with van der Waals surface area (Å²) in [5.41, 5.74) is 1.35. The molecule has 1 aliphatic rings. The van der Waals surface area contributed by atoms with Crippen LogP contribution in [0.3, 0.4) is 0 Å². The second kappa shape index (κ2) is 5.15. The first-order valence-corrected chi connectivity index (χ1v) is 6.88. The molecule has 20 heavy (non-hydrogen) atoms. The van der Waals surface area contributed by atoms with Crippen LogP contribution in [0.15, 0.2) is 42.5 Å². The average Bonchev–Trinajstić information content (AvgIpc) is 2.39. The van der Waals surface area contributed by atoms with E-state index < -0.39 is 5.82 Å². The number of rotatable bonds is 3. The van der Waals surface area contributed by atoms with Crippen LogP contribution in [0.4, 0.5) is 8.78 Å². The van der Waals surface area contributed by atoms with Gasteiger partial charge in [0, 0.05) is 18.5 Å². The molecule has 0 spiro atoms. The third-order valence-electron chi connectivity index (χ3n) is 3.90. The van der Waals surface area contributed by atoms with Crippen molar-refractivity contribution in [2.24, 2.45) is 0 Å². The Hall–Kier alpha value is -1.45. The van der Waals surface area contributed by atoms with Gasteiger partial charge >= 0.3 is 0 Å². The molecule has 1 nitrogen and oxygen atoms in total. The van der Waals surface area contributed by atoms with Crippen LogP contribution in [-0.4, -0.2) is 13.1 Å². The number of nitrogens with one attached hydrogen (secondary N) is 1. The zero-order valence-corrected chi connectivity index (χ0v) is 11.6. The quantitative estimate of drug-likeness (QED) is 0.910. The van der Waals surface area contributed by atoms with Gasteiger partial charge in [-0.25, -0.2) is 8.78 Å². The van der Waals surface area contributed by atoms with Crippen LogP contribution < -0.4 is 5.32 Å². The molecule has 0 unspecified atom stereocenters. The summed E-state index contributed by atoms with van der Waals surface area (Å²) in [5, 5.41) is 3.31. The largest absolute Gasteiger partial charge is 0.315 e. The lowest BCUT2D eigenvalue weighted by Gasteiger charge is -2.43. The first kappa shape index (κ1) is 13.5. The van der Waals surface area contributed by atoms with Crippen LogP contribution in [-0.2, 0) is 11.8 Å². The first-order valence-electron chi connectivity index (χ1n) is 6.50. The molecule has 4 heteroatoms. The van der Waals surface area contributed by atoms with E-state index in [1.807, 2.05) is 12.1 Å². The smallest absolute Gasteiger partial charge is 0.141 e. The van der Waals surface area contributed by atoms with Gasteiger partial charge in [-0.05, 0) is 35.7 Å². The predicted octanol–water partition coefficient (Wildman–Crippen LogP) is 3.70. The van der Waals surface area contributed by atoms with Gasteiger partial charge in [-0.2, -0.15) is 0 Å². The minimum atomic E-state index is -0.429. The molecular weight excluding hydrogens is 280 g/mol. The van der Waals surface area contributed by atoms with Crippen LogP contribution >= 0.6 is 11.6 Å². The number of benzene rings is 2. The van der Waals surface area contributed by atoms with Crippen LogP contribution in [0.1, 0.15) is 11.1 Å². The van der Waals surface area contributed by atoms with E-state index in [0.29, 0.717) is 25.1 Å². The minimum absolute atomic E-state index is 0.110. The van der Waals surface area contributed by atoms with Gasteiger partial charge in [0.25, 0.3) is 0 Å². The molecule has 0 amide bonds. The van der Waals surface area contributed by atoms with Crippen molar-refractivity contribution >= 4 is 11.6 Å². The maximum Gasteiger partial charge on any atom is 0.141 e. The number of hydrogen-bond acceptors (Lipinski definition) is 1. The van der Waals surface area contributed by atoms with Crippen LogP contribution in [0.25, 0.3) is 0 Å². The normalized spacial score (nSPS) is 16.8. The van der Waals surface area contributed by atoms with Crippen molar-refractivity contribution < 1.29 is 8.78 Å². The number of hydrogen-bond donors (Lipinski definition) is 1. The summed E-state index contributed by atoms with van der Waals surface area (Å²) in [6.45, 7) is 1.42. The summed E-state index contributed by atoms with van der Waals surface area (Å²) in [5.74, 6) is -0.621. The lowest BCUT2D eigenvalue weighted by molar-refractivity contribution is 0.266. The fraction of sp³-hybridized carbons (Fsp3) is 0.250. The van der Waals surface area contributed by atoms with Crippen molar-refractivity contribution in [2.75, 3.05) is 13.1 Å². The summed E-state index contributed by atoms with van der Waals surface area (Å²) >= 11 is 5.82. The molecule has 104 valence electrons. The Morgan fingerprint density at radius 2 is 1.80 bits per heavy atom. The van der Waals surface area contributed by atoms with Gasteiger partial charge < -0.3 is 5.32 Å². The molecule has 0 aliphatic carbocycles. The molecule has 0 atom stereocenters. The Morgan fingerprint density at radius 1 is 1.05 bits per heavy atom. The van der Waals surface area contributed by atoms with Crippen molar-refractivity contribution in [3.63, 3.8) is 0 Å². The summed E-state index contributed by atoms with van der Waals surface area (Å²) in [6.07, 6.45) is 0.640. The highest BCUT2D eigenvalue weighted by atomic mass is 35.5. The molecule has 1 N–H and O–H groups in total. The Balaban J connectivity index is 1.94. The third-order valence-corrected chi connectivity index (χ3v) is 4.19. The fourth-order valence-corrected chi connectivity index (χ4v) is 2.97. The fourth-order valence-electron chi connectivity index (χ4n) is 2.77. The minimum Gasteiger partial charge on any atom is -0.315 e. The molecule has 1 heterocycles. The number of halogens is 3. The topological polar surface area (TPSA) is 12.0 Å². The van der Waals surface area contributed by atoms with Gasteiger partial charge in [-0.1, -0.05) is 35.9 Å². The van der Waals surface area contributed by atoms with Gasteiger partial charge in [-0.3, -0.25) is 0 Å². The van der Waals surface area contributed by atoms with Gasteiger partial charge in [0.05, 0.1) is 5.02 Å². The third kappa shape index (κ3) is 2.32. The molecule has 0 aromatic heterocycles. The molecule has 0 bridgehead atoms. The molecule has 1 saturated heterocycles. The van der Waals surface area contributed by atoms with Crippen molar-refractivity contribution in [1.82, 2.24) is 5.32 Å². The van der Waals surface area contributed by atoms with E-state index in [2.05, 4.69) is 5.32 Å². The standard InChI is InChI=1S/C16H14ClF2N/c17-13-7-11(5-6-15(13)19)8-16(9-20-10-16)12-3-1-2-4-14(12)18/h1-7,20H,8-10H2. The zero-order chi connectivity index (χ0) is 14.2. The highest BCUT2D eigenvalue weighted by Gasteiger charge is 2.40. The van der Waals surface area contributed by atoms with E-state index in [4.69, 9.17) is 11.6 Å². The lowest BCUT2D eigenvalue weighted by atomic mass is 9.71. The molecule has 0 radical (unpaired) electrons. The van der Waals surface area contributed by atoms with E-state index in [0.717, 1.165) is 5.56 Å². The van der Waals surface area contributed by atoms with E-state index in [1.165, 1.54) is 12.1 Å². The molecule has 0 saturated carbocycles. The molecule has 2 aromatic carbocycles. The van der Waals surface area contributed by atoms with E-state index in [9.17, 15) is 8.78 Å². The second-order valence-electron chi connectivity index (χ2n) is 5.29. The van der Waals surface area contributed by atoms with Crippen molar-refractivity contribution in [1.29, 1.82) is 0 Å². The van der Waals surface area contributed by atoms with Crippen LogP contribution in [0, 0.1) is 11.6 Å². The maximum atomic E-state index is 14.0. The van der Waals surface area contributed by atoms with Crippen LogP contribution in [0.5, 0.6) is 0 Å². The van der Waals surface area contributed by atoms with E-state index in [-0.39, 0.29) is 16.3 Å². The van der Waals surface area contributed by atoms with Gasteiger partial charge in [0.2, 0.25) is 0 Å². The Morgan fingerprint density at radius 3 is 2.40 bits per heavy atom. The molecular formula is C16H14ClF2N.